The first-order valence-corrected chi connectivity index (χ1v) is 11.3. The van der Waals surface area contributed by atoms with E-state index in [-0.39, 0.29) is 5.91 Å². The van der Waals surface area contributed by atoms with Gasteiger partial charge >= 0.3 is 0 Å². The number of amides is 1. The van der Waals surface area contributed by atoms with Crippen LogP contribution in [0.5, 0.6) is 0 Å². The van der Waals surface area contributed by atoms with Gasteiger partial charge in [0, 0.05) is 64.5 Å². The van der Waals surface area contributed by atoms with Crippen molar-refractivity contribution in [2.24, 2.45) is 5.92 Å². The molecule has 7 nitrogen and oxygen atoms in total. The van der Waals surface area contributed by atoms with E-state index >= 15 is 0 Å². The van der Waals surface area contributed by atoms with Crippen LogP contribution >= 0.6 is 0 Å². The topological polar surface area (TPSA) is 64.2 Å². The van der Waals surface area contributed by atoms with Gasteiger partial charge in [0.25, 0.3) is 10.2 Å². The van der Waals surface area contributed by atoms with Crippen LogP contribution in [-0.2, 0) is 15.0 Å². The molecular weight excluding hydrogens is 364 g/mol. The Morgan fingerprint density at radius 3 is 2.19 bits per heavy atom. The highest BCUT2D eigenvalue weighted by Gasteiger charge is 2.36. The van der Waals surface area contributed by atoms with Crippen molar-refractivity contribution in [1.29, 1.82) is 0 Å². The molecular formula is C19H28N4O3S. The third-order valence-electron chi connectivity index (χ3n) is 5.84. The summed E-state index contributed by atoms with van der Waals surface area (Å²) in [5, 5.41) is 0. The highest BCUT2D eigenvalue weighted by atomic mass is 32.2. The zero-order valence-corrected chi connectivity index (χ0v) is 16.5. The summed E-state index contributed by atoms with van der Waals surface area (Å²) in [5.74, 6) is 0.487. The number of carbonyl (C=O) groups is 1. The van der Waals surface area contributed by atoms with Crippen molar-refractivity contribution in [3.63, 3.8) is 0 Å². The van der Waals surface area contributed by atoms with Crippen LogP contribution in [0.3, 0.4) is 0 Å². The summed E-state index contributed by atoms with van der Waals surface area (Å²) in [6.07, 6.45) is 2.50. The van der Waals surface area contributed by atoms with Crippen molar-refractivity contribution in [2.45, 2.75) is 19.3 Å². The van der Waals surface area contributed by atoms with Crippen LogP contribution in [0.1, 0.15) is 19.3 Å². The molecule has 0 unspecified atom stereocenters. The van der Waals surface area contributed by atoms with Gasteiger partial charge in [-0.15, -0.1) is 0 Å². The number of anilines is 1. The van der Waals surface area contributed by atoms with Crippen LogP contribution in [0, 0.1) is 5.92 Å². The third-order valence-corrected chi connectivity index (χ3v) is 7.87. The van der Waals surface area contributed by atoms with Crippen molar-refractivity contribution in [3.8, 4) is 0 Å². The Kier molecular flexibility index (Phi) is 5.50. The van der Waals surface area contributed by atoms with E-state index in [0.29, 0.717) is 38.5 Å². The minimum Gasteiger partial charge on any atom is -0.312 e. The molecule has 0 bridgehead atoms. The van der Waals surface area contributed by atoms with E-state index in [4.69, 9.17) is 0 Å². The number of hydrogen-bond acceptors (Lipinski definition) is 4. The average Bonchev–Trinajstić information content (AvgIpc) is 3.33. The average molecular weight is 393 g/mol. The van der Waals surface area contributed by atoms with Crippen molar-refractivity contribution < 1.29 is 13.2 Å². The Bertz CT molecular complexity index is 756. The molecule has 4 rings (SSSR count). The molecule has 3 fully saturated rings. The molecule has 3 aliphatic heterocycles. The summed E-state index contributed by atoms with van der Waals surface area (Å²) in [4.78, 5) is 16.6. The van der Waals surface area contributed by atoms with E-state index < -0.39 is 10.2 Å². The number of para-hydroxylation sites is 1. The van der Waals surface area contributed by atoms with E-state index in [2.05, 4.69) is 4.90 Å². The molecule has 1 aromatic carbocycles. The summed E-state index contributed by atoms with van der Waals surface area (Å²) in [6.45, 7) is 5.47. The molecule has 27 heavy (non-hydrogen) atoms. The molecule has 0 radical (unpaired) electrons. The minimum atomic E-state index is -3.29. The Morgan fingerprint density at radius 1 is 0.889 bits per heavy atom. The Balaban J connectivity index is 1.29. The van der Waals surface area contributed by atoms with Gasteiger partial charge in [0.2, 0.25) is 5.91 Å². The molecule has 1 amide bonds. The van der Waals surface area contributed by atoms with Gasteiger partial charge in [-0.1, -0.05) is 18.2 Å². The zero-order valence-electron chi connectivity index (χ0n) is 15.7. The van der Waals surface area contributed by atoms with E-state index in [1.54, 1.807) is 8.61 Å². The summed E-state index contributed by atoms with van der Waals surface area (Å²) in [7, 11) is -3.29. The van der Waals surface area contributed by atoms with Crippen molar-refractivity contribution in [3.05, 3.63) is 30.3 Å². The van der Waals surface area contributed by atoms with Gasteiger partial charge < -0.3 is 9.80 Å². The number of rotatable bonds is 5. The lowest BCUT2D eigenvalue weighted by Gasteiger charge is -2.36. The molecule has 0 aliphatic carbocycles. The highest BCUT2D eigenvalue weighted by molar-refractivity contribution is 7.86. The summed E-state index contributed by atoms with van der Waals surface area (Å²) in [6, 6.07) is 9.81. The Labute approximate surface area is 161 Å². The van der Waals surface area contributed by atoms with Crippen molar-refractivity contribution in [1.82, 2.24) is 13.5 Å². The predicted molar refractivity (Wildman–Crippen MR) is 105 cm³/mol. The standard InChI is InChI=1S/C19H28N4O3S/c24-19-14-17(16-23(19)18-6-2-1-3-7-18)15-20-10-12-22(13-11-20)27(25,26)21-8-4-5-9-21/h1-3,6-7,17H,4-5,8-16H2/t17-/m1/s1. The molecule has 148 valence electrons. The van der Waals surface area contributed by atoms with Crippen molar-refractivity contribution in [2.75, 3.05) is 57.3 Å². The molecule has 3 heterocycles. The Morgan fingerprint density at radius 2 is 1.52 bits per heavy atom. The molecule has 8 heteroatoms. The van der Waals surface area contributed by atoms with Gasteiger partial charge in [0.05, 0.1) is 0 Å². The van der Waals surface area contributed by atoms with Gasteiger partial charge in [0.1, 0.15) is 0 Å². The first-order valence-electron chi connectivity index (χ1n) is 9.87. The van der Waals surface area contributed by atoms with E-state index in [9.17, 15) is 13.2 Å². The third kappa shape index (κ3) is 4.03. The first-order chi connectivity index (χ1) is 13.0. The first kappa shape index (κ1) is 18.9. The molecule has 0 spiro atoms. The number of nitrogens with zero attached hydrogens (tertiary/aromatic N) is 4. The van der Waals surface area contributed by atoms with Gasteiger partial charge in [-0.2, -0.15) is 17.0 Å². The van der Waals surface area contributed by atoms with E-state index in [1.807, 2.05) is 35.2 Å². The maximum atomic E-state index is 12.7. The molecule has 3 aliphatic rings. The van der Waals surface area contributed by atoms with E-state index in [1.165, 1.54) is 0 Å². The second-order valence-electron chi connectivity index (χ2n) is 7.72. The predicted octanol–water partition coefficient (Wildman–Crippen LogP) is 0.998. The maximum absolute atomic E-state index is 12.7. The van der Waals surface area contributed by atoms with Crippen LogP contribution in [0.15, 0.2) is 30.3 Å². The molecule has 0 aromatic heterocycles. The van der Waals surface area contributed by atoms with Crippen LogP contribution in [0.4, 0.5) is 5.69 Å². The lowest BCUT2D eigenvalue weighted by Crippen LogP contribution is -2.53. The molecule has 1 atom stereocenters. The molecule has 0 N–H and O–H groups in total. The SMILES string of the molecule is O=C1C[C@H](CN2CCN(S(=O)(=O)N3CCCC3)CC2)CN1c1ccccc1. The normalized spacial score (nSPS) is 26.1. The molecule has 0 saturated carbocycles. The lowest BCUT2D eigenvalue weighted by atomic mass is 10.1. The molecule has 1 aromatic rings. The van der Waals surface area contributed by atoms with Crippen molar-refractivity contribution >= 4 is 21.8 Å². The van der Waals surface area contributed by atoms with Gasteiger partial charge in [-0.3, -0.25) is 4.79 Å². The van der Waals surface area contributed by atoms with E-state index in [0.717, 1.165) is 44.7 Å². The highest BCUT2D eigenvalue weighted by Crippen LogP contribution is 2.26. The number of piperazine rings is 1. The lowest BCUT2D eigenvalue weighted by molar-refractivity contribution is -0.117. The fourth-order valence-corrected chi connectivity index (χ4v) is 6.02. The summed E-state index contributed by atoms with van der Waals surface area (Å²) in [5.41, 5.74) is 0.964. The zero-order chi connectivity index (χ0) is 18.9. The fourth-order valence-electron chi connectivity index (χ4n) is 4.35. The number of benzene rings is 1. The molecule has 3 saturated heterocycles. The second-order valence-corrected chi connectivity index (χ2v) is 9.65. The Hall–Kier alpha value is -1.48. The summed E-state index contributed by atoms with van der Waals surface area (Å²) >= 11 is 0. The van der Waals surface area contributed by atoms with Crippen LogP contribution < -0.4 is 4.90 Å². The van der Waals surface area contributed by atoms with Crippen LogP contribution in [0.25, 0.3) is 0 Å². The summed E-state index contributed by atoms with van der Waals surface area (Å²) < 4.78 is 28.6. The number of carbonyl (C=O) groups excluding carboxylic acids is 1. The second kappa shape index (κ2) is 7.87. The van der Waals surface area contributed by atoms with Gasteiger partial charge in [-0.25, -0.2) is 0 Å². The van der Waals surface area contributed by atoms with Gasteiger partial charge in [0.15, 0.2) is 0 Å². The largest absolute Gasteiger partial charge is 0.312 e. The monoisotopic (exact) mass is 392 g/mol. The fraction of sp³-hybridized carbons (Fsp3) is 0.632. The minimum absolute atomic E-state index is 0.182. The van der Waals surface area contributed by atoms with Crippen LogP contribution in [-0.4, -0.2) is 80.2 Å². The maximum Gasteiger partial charge on any atom is 0.282 e. The quantitative estimate of drug-likeness (QED) is 0.750. The van der Waals surface area contributed by atoms with Gasteiger partial charge in [-0.05, 0) is 30.9 Å². The number of hydrogen-bond donors (Lipinski definition) is 0. The van der Waals surface area contributed by atoms with Crippen LogP contribution in [0.2, 0.25) is 0 Å². The smallest absolute Gasteiger partial charge is 0.282 e.